The average molecular weight is 389 g/mol. The standard InChI is InChI=1S/C27H32O2/c1-3-5-6-20-9-12-24-18-25(27(28)29-26(24)17-20)23-15-13-22(14-16-23)21-10-7-19(4-2)8-11-21/h3,9,12-17,19,21,25H,1,4-8,10-11,18H2,2H3. The molecule has 2 nitrogen and oxygen atoms in total. The Bertz CT molecular complexity index is 857. The largest absolute Gasteiger partial charge is 0.426 e. The van der Waals surface area contributed by atoms with E-state index in [2.05, 4.69) is 49.9 Å². The van der Waals surface area contributed by atoms with Crippen LogP contribution < -0.4 is 4.74 Å². The normalized spacial score (nSPS) is 23.9. The minimum Gasteiger partial charge on any atom is -0.426 e. The van der Waals surface area contributed by atoms with Crippen LogP contribution in [0.25, 0.3) is 0 Å². The molecule has 0 spiro atoms. The second kappa shape index (κ2) is 8.98. The van der Waals surface area contributed by atoms with Crippen molar-refractivity contribution in [2.45, 2.75) is 70.1 Å². The van der Waals surface area contributed by atoms with Crippen LogP contribution in [0.3, 0.4) is 0 Å². The topological polar surface area (TPSA) is 26.3 Å². The summed E-state index contributed by atoms with van der Waals surface area (Å²) in [6.45, 7) is 6.09. The third kappa shape index (κ3) is 4.47. The number of hydrogen-bond acceptors (Lipinski definition) is 2. The molecule has 0 bridgehead atoms. The molecule has 152 valence electrons. The highest BCUT2D eigenvalue weighted by molar-refractivity contribution is 5.83. The number of carbonyl (C=O) groups is 1. The van der Waals surface area contributed by atoms with Gasteiger partial charge in [-0.25, -0.2) is 0 Å². The van der Waals surface area contributed by atoms with Crippen LogP contribution in [0.1, 0.15) is 79.5 Å². The number of carbonyl (C=O) groups excluding carboxylic acids is 1. The highest BCUT2D eigenvalue weighted by atomic mass is 16.5. The number of aryl methyl sites for hydroxylation is 1. The average Bonchev–Trinajstić information content (AvgIpc) is 2.77. The number of rotatable bonds is 6. The van der Waals surface area contributed by atoms with E-state index in [9.17, 15) is 4.79 Å². The zero-order chi connectivity index (χ0) is 20.2. The molecule has 0 amide bonds. The van der Waals surface area contributed by atoms with Crippen molar-refractivity contribution in [2.24, 2.45) is 5.92 Å². The molecule has 1 heterocycles. The van der Waals surface area contributed by atoms with Gasteiger partial charge in [-0.15, -0.1) is 6.58 Å². The maximum absolute atomic E-state index is 12.7. The fourth-order valence-electron chi connectivity index (χ4n) is 4.93. The van der Waals surface area contributed by atoms with E-state index in [1.165, 1.54) is 43.2 Å². The van der Waals surface area contributed by atoms with Crippen LogP contribution >= 0.6 is 0 Å². The molecule has 2 aromatic carbocycles. The van der Waals surface area contributed by atoms with Crippen LogP contribution in [0.2, 0.25) is 0 Å². The molecule has 29 heavy (non-hydrogen) atoms. The Morgan fingerprint density at radius 3 is 2.45 bits per heavy atom. The Morgan fingerprint density at radius 2 is 1.76 bits per heavy atom. The monoisotopic (exact) mass is 388 g/mol. The van der Waals surface area contributed by atoms with E-state index in [-0.39, 0.29) is 11.9 Å². The molecule has 0 N–H and O–H groups in total. The lowest BCUT2D eigenvalue weighted by Gasteiger charge is -2.28. The second-order valence-corrected chi connectivity index (χ2v) is 8.74. The quantitative estimate of drug-likeness (QED) is 0.311. The molecule has 1 saturated carbocycles. The summed E-state index contributed by atoms with van der Waals surface area (Å²) in [7, 11) is 0. The molecule has 2 heteroatoms. The number of esters is 1. The molecular weight excluding hydrogens is 356 g/mol. The van der Waals surface area contributed by atoms with Crippen LogP contribution in [-0.4, -0.2) is 5.97 Å². The first kappa shape index (κ1) is 19.9. The smallest absolute Gasteiger partial charge is 0.319 e. The molecule has 0 aromatic heterocycles. The van der Waals surface area contributed by atoms with E-state index in [0.29, 0.717) is 5.92 Å². The van der Waals surface area contributed by atoms with Crippen molar-refractivity contribution in [3.05, 3.63) is 77.4 Å². The number of hydrogen-bond donors (Lipinski definition) is 0. The van der Waals surface area contributed by atoms with E-state index in [1.54, 1.807) is 0 Å². The predicted octanol–water partition coefficient (Wildman–Crippen LogP) is 6.73. The number of allylic oxidation sites excluding steroid dienone is 1. The maximum atomic E-state index is 12.7. The predicted molar refractivity (Wildman–Crippen MR) is 118 cm³/mol. The molecule has 1 fully saturated rings. The van der Waals surface area contributed by atoms with Gasteiger partial charge in [0.05, 0.1) is 5.92 Å². The lowest BCUT2D eigenvalue weighted by Crippen LogP contribution is -2.26. The summed E-state index contributed by atoms with van der Waals surface area (Å²) >= 11 is 0. The zero-order valence-electron chi connectivity index (χ0n) is 17.5. The second-order valence-electron chi connectivity index (χ2n) is 8.74. The van der Waals surface area contributed by atoms with Crippen LogP contribution in [0, 0.1) is 5.92 Å². The van der Waals surface area contributed by atoms with E-state index < -0.39 is 0 Å². The molecular formula is C27H32O2. The van der Waals surface area contributed by atoms with Crippen molar-refractivity contribution in [3.63, 3.8) is 0 Å². The minimum atomic E-state index is -0.202. The van der Waals surface area contributed by atoms with Crippen LogP contribution in [0.15, 0.2) is 55.1 Å². The first-order chi connectivity index (χ1) is 14.2. The Labute approximate surface area is 175 Å². The summed E-state index contributed by atoms with van der Waals surface area (Å²) in [6, 6.07) is 15.1. The van der Waals surface area contributed by atoms with Gasteiger partial charge in [0.2, 0.25) is 0 Å². The van der Waals surface area contributed by atoms with Crippen LogP contribution in [-0.2, 0) is 17.6 Å². The highest BCUT2D eigenvalue weighted by Crippen LogP contribution is 2.38. The summed E-state index contributed by atoms with van der Waals surface area (Å²) in [5, 5.41) is 0. The van der Waals surface area contributed by atoms with Gasteiger partial charge in [0, 0.05) is 0 Å². The van der Waals surface area contributed by atoms with Gasteiger partial charge in [-0.2, -0.15) is 0 Å². The van der Waals surface area contributed by atoms with Gasteiger partial charge in [-0.3, -0.25) is 4.79 Å². The van der Waals surface area contributed by atoms with Crippen LogP contribution in [0.5, 0.6) is 5.75 Å². The molecule has 4 rings (SSSR count). The van der Waals surface area contributed by atoms with Gasteiger partial charge in [0.1, 0.15) is 5.75 Å². The molecule has 1 unspecified atom stereocenters. The van der Waals surface area contributed by atoms with Crippen LogP contribution in [0.4, 0.5) is 0 Å². The summed E-state index contributed by atoms with van der Waals surface area (Å²) < 4.78 is 5.73. The molecule has 1 aliphatic heterocycles. The van der Waals surface area contributed by atoms with Crippen molar-refractivity contribution in [2.75, 3.05) is 0 Å². The van der Waals surface area contributed by atoms with Gasteiger partial charge < -0.3 is 4.74 Å². The van der Waals surface area contributed by atoms with Gasteiger partial charge in [0.25, 0.3) is 0 Å². The van der Waals surface area contributed by atoms with E-state index in [4.69, 9.17) is 4.74 Å². The van der Waals surface area contributed by atoms with E-state index >= 15 is 0 Å². The SMILES string of the molecule is C=CCCc1ccc2c(c1)OC(=O)C(c1ccc(C3CCC(CC)CC3)cc1)C2. The van der Waals surface area contributed by atoms with Crippen molar-refractivity contribution in [3.8, 4) is 5.75 Å². The molecule has 1 atom stereocenters. The Morgan fingerprint density at radius 1 is 1.03 bits per heavy atom. The lowest BCUT2D eigenvalue weighted by molar-refractivity contribution is -0.137. The Kier molecular flexibility index (Phi) is 6.18. The first-order valence-corrected chi connectivity index (χ1v) is 11.2. The Balaban J connectivity index is 1.45. The van der Waals surface area contributed by atoms with Crippen molar-refractivity contribution < 1.29 is 9.53 Å². The van der Waals surface area contributed by atoms with Gasteiger partial charge in [-0.1, -0.05) is 55.8 Å². The van der Waals surface area contributed by atoms with E-state index in [1.807, 2.05) is 12.1 Å². The van der Waals surface area contributed by atoms with Gasteiger partial charge in [0.15, 0.2) is 0 Å². The Hall–Kier alpha value is -2.35. The molecule has 1 aliphatic carbocycles. The summed E-state index contributed by atoms with van der Waals surface area (Å²) in [6.07, 6.45) is 11.1. The highest BCUT2D eigenvalue weighted by Gasteiger charge is 2.30. The summed E-state index contributed by atoms with van der Waals surface area (Å²) in [5.74, 6) is 2.00. The van der Waals surface area contributed by atoms with Gasteiger partial charge >= 0.3 is 5.97 Å². The molecule has 2 aliphatic rings. The molecule has 0 radical (unpaired) electrons. The molecule has 0 saturated heterocycles. The fraction of sp³-hybridized carbons (Fsp3) is 0.444. The minimum absolute atomic E-state index is 0.130. The number of ether oxygens (including phenoxy) is 1. The zero-order valence-corrected chi connectivity index (χ0v) is 17.5. The fourth-order valence-corrected chi connectivity index (χ4v) is 4.93. The molecule has 2 aromatic rings. The lowest BCUT2D eigenvalue weighted by atomic mass is 9.77. The number of benzene rings is 2. The third-order valence-corrected chi connectivity index (χ3v) is 6.92. The summed E-state index contributed by atoms with van der Waals surface area (Å²) in [5.41, 5.74) is 4.82. The van der Waals surface area contributed by atoms with Gasteiger partial charge in [-0.05, 0) is 85.1 Å². The maximum Gasteiger partial charge on any atom is 0.319 e. The van der Waals surface area contributed by atoms with Crippen molar-refractivity contribution in [1.82, 2.24) is 0 Å². The van der Waals surface area contributed by atoms with E-state index in [0.717, 1.165) is 42.1 Å². The number of fused-ring (bicyclic) bond motifs is 1. The summed E-state index contributed by atoms with van der Waals surface area (Å²) in [4.78, 5) is 12.7. The van der Waals surface area contributed by atoms with Crippen molar-refractivity contribution >= 4 is 5.97 Å². The van der Waals surface area contributed by atoms with Crippen molar-refractivity contribution in [1.29, 1.82) is 0 Å². The first-order valence-electron chi connectivity index (χ1n) is 11.2. The third-order valence-electron chi connectivity index (χ3n) is 6.92.